The first kappa shape index (κ1) is 11.7. The SMILES string of the molecule is CNC(=O)c1cc2c(s1)NC(=O)/C2=C\c1ccc[nH]1. The van der Waals surface area contributed by atoms with Crippen LogP contribution in [0.25, 0.3) is 11.6 Å². The molecule has 3 N–H and O–H groups in total. The Labute approximate surface area is 113 Å². The number of nitrogens with one attached hydrogen (secondary N) is 3. The Kier molecular flexibility index (Phi) is 2.72. The van der Waals surface area contributed by atoms with Gasteiger partial charge in [-0.05, 0) is 24.3 Å². The number of rotatable bonds is 2. The van der Waals surface area contributed by atoms with Crippen LogP contribution in [-0.4, -0.2) is 23.8 Å². The molecule has 5 nitrogen and oxygen atoms in total. The molecule has 1 aliphatic rings. The maximum Gasteiger partial charge on any atom is 0.261 e. The summed E-state index contributed by atoms with van der Waals surface area (Å²) in [6.07, 6.45) is 3.57. The van der Waals surface area contributed by atoms with Crippen molar-refractivity contribution in [3.05, 3.63) is 40.5 Å². The van der Waals surface area contributed by atoms with Gasteiger partial charge in [-0.1, -0.05) is 0 Å². The van der Waals surface area contributed by atoms with E-state index in [-0.39, 0.29) is 11.8 Å². The van der Waals surface area contributed by atoms with Crippen LogP contribution in [0.5, 0.6) is 0 Å². The number of carbonyl (C=O) groups excluding carboxylic acids is 2. The molecule has 0 fully saturated rings. The Bertz CT molecular complexity index is 683. The summed E-state index contributed by atoms with van der Waals surface area (Å²) in [6.45, 7) is 0. The molecule has 0 spiro atoms. The van der Waals surface area contributed by atoms with Gasteiger partial charge in [0.15, 0.2) is 0 Å². The van der Waals surface area contributed by atoms with E-state index in [0.717, 1.165) is 16.3 Å². The summed E-state index contributed by atoms with van der Waals surface area (Å²) in [7, 11) is 1.58. The van der Waals surface area contributed by atoms with Crippen LogP contribution >= 0.6 is 11.3 Å². The summed E-state index contributed by atoms with van der Waals surface area (Å²) in [4.78, 5) is 27.1. The second kappa shape index (κ2) is 4.40. The molecule has 1 aliphatic heterocycles. The fraction of sp³-hybridized carbons (Fsp3) is 0.0769. The highest BCUT2D eigenvalue weighted by Crippen LogP contribution is 2.39. The van der Waals surface area contributed by atoms with Crippen LogP contribution < -0.4 is 10.6 Å². The summed E-state index contributed by atoms with van der Waals surface area (Å²) in [5.74, 6) is -0.285. The molecule has 3 rings (SSSR count). The van der Waals surface area contributed by atoms with Crippen molar-refractivity contribution in [2.24, 2.45) is 0 Å². The lowest BCUT2D eigenvalue weighted by Gasteiger charge is -1.96. The molecule has 2 aromatic heterocycles. The van der Waals surface area contributed by atoms with Crippen LogP contribution in [0.1, 0.15) is 20.9 Å². The van der Waals surface area contributed by atoms with Gasteiger partial charge in [0.1, 0.15) is 5.00 Å². The average molecular weight is 273 g/mol. The molecule has 6 heteroatoms. The zero-order valence-electron chi connectivity index (χ0n) is 10.1. The quantitative estimate of drug-likeness (QED) is 0.731. The zero-order valence-corrected chi connectivity index (χ0v) is 10.9. The minimum Gasteiger partial charge on any atom is -0.362 e. The highest BCUT2D eigenvalue weighted by Gasteiger charge is 2.28. The van der Waals surface area contributed by atoms with Crippen molar-refractivity contribution in [2.45, 2.75) is 0 Å². The van der Waals surface area contributed by atoms with E-state index in [1.807, 2.05) is 12.1 Å². The van der Waals surface area contributed by atoms with Crippen LogP contribution in [0, 0.1) is 0 Å². The van der Waals surface area contributed by atoms with E-state index in [0.29, 0.717) is 10.5 Å². The van der Waals surface area contributed by atoms with E-state index in [2.05, 4.69) is 15.6 Å². The Morgan fingerprint density at radius 2 is 2.32 bits per heavy atom. The smallest absolute Gasteiger partial charge is 0.261 e. The van der Waals surface area contributed by atoms with Gasteiger partial charge in [0.2, 0.25) is 0 Å². The van der Waals surface area contributed by atoms with Crippen LogP contribution in [0.4, 0.5) is 5.00 Å². The Morgan fingerprint density at radius 3 is 3.00 bits per heavy atom. The van der Waals surface area contributed by atoms with Crippen molar-refractivity contribution >= 4 is 39.8 Å². The molecule has 0 unspecified atom stereocenters. The van der Waals surface area contributed by atoms with Gasteiger partial charge in [0, 0.05) is 24.5 Å². The molecular weight excluding hydrogens is 262 g/mol. The predicted octanol–water partition coefficient (Wildman–Crippen LogP) is 1.93. The number of H-pyrrole nitrogens is 1. The number of hydrogen-bond acceptors (Lipinski definition) is 3. The molecular formula is C13H11N3O2S. The second-order valence-corrected chi connectivity index (χ2v) is 5.12. The zero-order chi connectivity index (χ0) is 13.4. The first-order chi connectivity index (χ1) is 9.19. The topological polar surface area (TPSA) is 74.0 Å². The third-order valence-corrected chi connectivity index (χ3v) is 3.92. The van der Waals surface area contributed by atoms with Gasteiger partial charge in [0.05, 0.1) is 10.5 Å². The van der Waals surface area contributed by atoms with Crippen molar-refractivity contribution in [3.8, 4) is 0 Å². The number of fused-ring (bicyclic) bond motifs is 1. The molecule has 0 atom stereocenters. The predicted molar refractivity (Wildman–Crippen MR) is 75.0 cm³/mol. The van der Waals surface area contributed by atoms with Crippen LogP contribution in [-0.2, 0) is 4.79 Å². The average Bonchev–Trinajstić information content (AvgIpc) is 3.08. The molecule has 2 amide bonds. The maximum absolute atomic E-state index is 11.9. The molecule has 2 aromatic rings. The second-order valence-electron chi connectivity index (χ2n) is 4.07. The van der Waals surface area contributed by atoms with Crippen molar-refractivity contribution in [1.29, 1.82) is 0 Å². The van der Waals surface area contributed by atoms with Crippen molar-refractivity contribution in [2.75, 3.05) is 12.4 Å². The number of carbonyl (C=O) groups is 2. The fourth-order valence-electron chi connectivity index (χ4n) is 1.94. The van der Waals surface area contributed by atoms with E-state index in [1.54, 1.807) is 25.4 Å². The summed E-state index contributed by atoms with van der Waals surface area (Å²) >= 11 is 1.28. The molecule has 0 bridgehead atoms. The largest absolute Gasteiger partial charge is 0.362 e. The van der Waals surface area contributed by atoms with Crippen molar-refractivity contribution < 1.29 is 9.59 Å². The number of anilines is 1. The van der Waals surface area contributed by atoms with Gasteiger partial charge in [-0.3, -0.25) is 9.59 Å². The maximum atomic E-state index is 11.9. The molecule has 3 heterocycles. The molecule has 0 saturated carbocycles. The summed E-state index contributed by atoms with van der Waals surface area (Å²) < 4.78 is 0. The van der Waals surface area contributed by atoms with E-state index >= 15 is 0 Å². The van der Waals surface area contributed by atoms with E-state index in [9.17, 15) is 9.59 Å². The summed E-state index contributed by atoms with van der Waals surface area (Å²) in [5, 5.41) is 6.07. The third-order valence-electron chi connectivity index (χ3n) is 2.87. The Morgan fingerprint density at radius 1 is 1.47 bits per heavy atom. The highest BCUT2D eigenvalue weighted by molar-refractivity contribution is 7.18. The van der Waals surface area contributed by atoms with Gasteiger partial charge in [-0.2, -0.15) is 0 Å². The monoisotopic (exact) mass is 273 g/mol. The first-order valence-corrected chi connectivity index (χ1v) is 6.53. The van der Waals surface area contributed by atoms with Crippen LogP contribution in [0.3, 0.4) is 0 Å². The molecule has 0 radical (unpaired) electrons. The lowest BCUT2D eigenvalue weighted by Crippen LogP contribution is -2.16. The van der Waals surface area contributed by atoms with Gasteiger partial charge >= 0.3 is 0 Å². The highest BCUT2D eigenvalue weighted by atomic mass is 32.1. The van der Waals surface area contributed by atoms with Crippen LogP contribution in [0.2, 0.25) is 0 Å². The lowest BCUT2D eigenvalue weighted by molar-refractivity contribution is -0.110. The molecule has 19 heavy (non-hydrogen) atoms. The minimum absolute atomic E-state index is 0.140. The molecule has 0 aromatic carbocycles. The number of aromatic amines is 1. The molecule has 0 aliphatic carbocycles. The van der Waals surface area contributed by atoms with E-state index in [1.165, 1.54) is 11.3 Å². The number of aromatic nitrogens is 1. The van der Waals surface area contributed by atoms with Crippen molar-refractivity contribution in [1.82, 2.24) is 10.3 Å². The van der Waals surface area contributed by atoms with E-state index in [4.69, 9.17) is 0 Å². The summed E-state index contributed by atoms with van der Waals surface area (Å²) in [6, 6.07) is 5.49. The first-order valence-electron chi connectivity index (χ1n) is 5.72. The Balaban J connectivity index is 2.03. The number of amides is 2. The summed E-state index contributed by atoms with van der Waals surface area (Å²) in [5.41, 5.74) is 2.21. The Hall–Kier alpha value is -2.34. The van der Waals surface area contributed by atoms with Crippen LogP contribution in [0.15, 0.2) is 24.4 Å². The normalized spacial score (nSPS) is 15.4. The van der Waals surface area contributed by atoms with Gasteiger partial charge in [-0.25, -0.2) is 0 Å². The van der Waals surface area contributed by atoms with Gasteiger partial charge < -0.3 is 15.6 Å². The minimum atomic E-state index is -0.145. The number of thiophene rings is 1. The van der Waals surface area contributed by atoms with E-state index < -0.39 is 0 Å². The molecule has 96 valence electrons. The fourth-order valence-corrected chi connectivity index (χ4v) is 2.96. The van der Waals surface area contributed by atoms with Gasteiger partial charge in [-0.15, -0.1) is 11.3 Å². The number of hydrogen-bond donors (Lipinski definition) is 3. The van der Waals surface area contributed by atoms with Gasteiger partial charge in [0.25, 0.3) is 11.8 Å². The third kappa shape index (κ3) is 1.96. The standard InChI is InChI=1S/C13H11N3O2S/c1-14-12(18)10-6-9-8(5-7-3-2-4-15-7)11(17)16-13(9)19-10/h2-6,15H,1H3,(H,14,18)(H,16,17)/b8-5-. The molecule has 0 saturated heterocycles. The lowest BCUT2D eigenvalue weighted by atomic mass is 10.1. The van der Waals surface area contributed by atoms with Crippen molar-refractivity contribution in [3.63, 3.8) is 0 Å².